The summed E-state index contributed by atoms with van der Waals surface area (Å²) in [4.78, 5) is 0. The van der Waals surface area contributed by atoms with Gasteiger partial charge in [0, 0.05) is 27.9 Å². The van der Waals surface area contributed by atoms with Crippen molar-refractivity contribution in [1.82, 2.24) is 9.78 Å². The molecule has 0 aliphatic heterocycles. The molecule has 1 N–H and O–H groups in total. The number of aromatic nitrogens is 2. The maximum Gasteiger partial charge on any atom is 0.0876 e. The van der Waals surface area contributed by atoms with Crippen molar-refractivity contribution in [1.29, 1.82) is 0 Å². The van der Waals surface area contributed by atoms with E-state index in [4.69, 9.17) is 0 Å². The zero-order valence-electron chi connectivity index (χ0n) is 11.1. The predicted octanol–water partition coefficient (Wildman–Crippen LogP) is 5.01. The highest BCUT2D eigenvalue weighted by Gasteiger charge is 2.04. The molecule has 0 unspecified atom stereocenters. The molecule has 2 aromatic carbocycles. The number of benzene rings is 2. The molecule has 0 aliphatic carbocycles. The molecule has 0 fully saturated rings. The minimum Gasteiger partial charge on any atom is -0.379 e. The highest BCUT2D eigenvalue weighted by molar-refractivity contribution is 9.13. The number of halogens is 2. The number of para-hydroxylation sites is 2. The standard InChI is InChI=1S/C16H13Br2N3/c17-13-7-6-12(10-14(13)18)11-19-15-4-1-2-5-16(15)21-9-3-8-20-21/h1-10,19H,11H2. The first-order valence-electron chi connectivity index (χ1n) is 6.51. The zero-order valence-corrected chi connectivity index (χ0v) is 14.3. The fourth-order valence-electron chi connectivity index (χ4n) is 2.08. The molecule has 0 saturated heterocycles. The van der Waals surface area contributed by atoms with Crippen LogP contribution in [0, 0.1) is 0 Å². The lowest BCUT2D eigenvalue weighted by Gasteiger charge is -2.12. The molecule has 0 bridgehead atoms. The lowest BCUT2D eigenvalue weighted by molar-refractivity contribution is 0.879. The fraction of sp³-hybridized carbons (Fsp3) is 0.0625. The van der Waals surface area contributed by atoms with Gasteiger partial charge in [-0.15, -0.1) is 0 Å². The molecule has 0 amide bonds. The van der Waals surface area contributed by atoms with Gasteiger partial charge in [0.1, 0.15) is 0 Å². The van der Waals surface area contributed by atoms with Crippen molar-refractivity contribution in [2.24, 2.45) is 0 Å². The number of nitrogens with one attached hydrogen (secondary N) is 1. The van der Waals surface area contributed by atoms with Gasteiger partial charge in [-0.2, -0.15) is 5.10 Å². The maximum atomic E-state index is 4.29. The Labute approximate surface area is 140 Å². The molecule has 0 spiro atoms. The normalized spacial score (nSPS) is 10.6. The van der Waals surface area contributed by atoms with Crippen LogP contribution in [0.25, 0.3) is 5.69 Å². The third-order valence-corrected chi connectivity index (χ3v) is 5.00. The summed E-state index contributed by atoms with van der Waals surface area (Å²) in [7, 11) is 0. The molecule has 0 saturated carbocycles. The van der Waals surface area contributed by atoms with Crippen molar-refractivity contribution in [3.05, 3.63) is 75.4 Å². The Balaban J connectivity index is 1.81. The number of hydrogen-bond donors (Lipinski definition) is 1. The minimum absolute atomic E-state index is 0.754. The minimum atomic E-state index is 0.754. The van der Waals surface area contributed by atoms with Crippen LogP contribution in [0.2, 0.25) is 0 Å². The first-order chi connectivity index (χ1) is 10.2. The Kier molecular flexibility index (Phi) is 4.41. The van der Waals surface area contributed by atoms with Crippen LogP contribution in [-0.2, 0) is 6.54 Å². The predicted molar refractivity (Wildman–Crippen MR) is 92.7 cm³/mol. The van der Waals surface area contributed by atoms with Crippen molar-refractivity contribution in [3.8, 4) is 5.69 Å². The highest BCUT2D eigenvalue weighted by Crippen LogP contribution is 2.25. The number of hydrogen-bond acceptors (Lipinski definition) is 2. The zero-order chi connectivity index (χ0) is 14.7. The van der Waals surface area contributed by atoms with E-state index in [-0.39, 0.29) is 0 Å². The summed E-state index contributed by atoms with van der Waals surface area (Å²) in [5, 5.41) is 7.76. The summed E-state index contributed by atoms with van der Waals surface area (Å²) in [5.41, 5.74) is 3.30. The van der Waals surface area contributed by atoms with Gasteiger partial charge in [0.15, 0.2) is 0 Å². The van der Waals surface area contributed by atoms with Crippen molar-refractivity contribution in [2.75, 3.05) is 5.32 Å². The van der Waals surface area contributed by atoms with Gasteiger partial charge in [0.2, 0.25) is 0 Å². The first-order valence-corrected chi connectivity index (χ1v) is 8.09. The van der Waals surface area contributed by atoms with Crippen LogP contribution in [-0.4, -0.2) is 9.78 Å². The molecule has 3 nitrogen and oxygen atoms in total. The molecule has 106 valence electrons. The summed E-state index contributed by atoms with van der Waals surface area (Å²) < 4.78 is 3.98. The second-order valence-electron chi connectivity index (χ2n) is 4.57. The number of anilines is 1. The van der Waals surface area contributed by atoms with E-state index < -0.39 is 0 Å². The van der Waals surface area contributed by atoms with Gasteiger partial charge >= 0.3 is 0 Å². The van der Waals surface area contributed by atoms with E-state index in [9.17, 15) is 0 Å². The third kappa shape index (κ3) is 3.36. The van der Waals surface area contributed by atoms with Crippen molar-refractivity contribution in [2.45, 2.75) is 6.54 Å². The molecule has 21 heavy (non-hydrogen) atoms. The molecule has 1 heterocycles. The Morgan fingerprint density at radius 3 is 2.62 bits per heavy atom. The molecular weight excluding hydrogens is 394 g/mol. The highest BCUT2D eigenvalue weighted by atomic mass is 79.9. The van der Waals surface area contributed by atoms with Crippen LogP contribution in [0.15, 0.2) is 69.9 Å². The van der Waals surface area contributed by atoms with Gasteiger partial charge in [-0.05, 0) is 67.8 Å². The van der Waals surface area contributed by atoms with E-state index in [2.05, 4.69) is 60.5 Å². The Morgan fingerprint density at radius 1 is 1.00 bits per heavy atom. The van der Waals surface area contributed by atoms with Crippen molar-refractivity contribution in [3.63, 3.8) is 0 Å². The molecular formula is C16H13Br2N3. The molecule has 5 heteroatoms. The SMILES string of the molecule is Brc1ccc(CNc2ccccc2-n2cccn2)cc1Br. The topological polar surface area (TPSA) is 29.9 Å². The monoisotopic (exact) mass is 405 g/mol. The summed E-state index contributed by atoms with van der Waals surface area (Å²) in [6, 6.07) is 16.3. The summed E-state index contributed by atoms with van der Waals surface area (Å²) in [5.74, 6) is 0. The maximum absolute atomic E-state index is 4.29. The molecule has 0 atom stereocenters. The molecule has 3 rings (SSSR count). The summed E-state index contributed by atoms with van der Waals surface area (Å²) in [6.45, 7) is 0.754. The third-order valence-electron chi connectivity index (χ3n) is 3.12. The van der Waals surface area contributed by atoms with E-state index >= 15 is 0 Å². The first kappa shape index (κ1) is 14.4. The second-order valence-corrected chi connectivity index (χ2v) is 6.28. The lowest BCUT2D eigenvalue weighted by Crippen LogP contribution is -2.04. The van der Waals surface area contributed by atoms with Crippen molar-refractivity contribution < 1.29 is 0 Å². The lowest BCUT2D eigenvalue weighted by atomic mass is 10.2. The fourth-order valence-corrected chi connectivity index (χ4v) is 2.75. The van der Waals surface area contributed by atoms with Gasteiger partial charge in [-0.1, -0.05) is 18.2 Å². The van der Waals surface area contributed by atoms with Crippen LogP contribution < -0.4 is 5.32 Å². The smallest absolute Gasteiger partial charge is 0.0876 e. The Morgan fingerprint density at radius 2 is 1.86 bits per heavy atom. The Bertz CT molecular complexity index is 739. The van der Waals surface area contributed by atoms with Gasteiger partial charge < -0.3 is 5.32 Å². The van der Waals surface area contributed by atoms with Crippen molar-refractivity contribution >= 4 is 37.5 Å². The molecule has 0 radical (unpaired) electrons. The van der Waals surface area contributed by atoms with Crippen LogP contribution in [0.4, 0.5) is 5.69 Å². The van der Waals surface area contributed by atoms with Crippen LogP contribution >= 0.6 is 31.9 Å². The molecule has 3 aromatic rings. The van der Waals surface area contributed by atoms with Gasteiger partial charge in [0.05, 0.1) is 11.4 Å². The average molecular weight is 407 g/mol. The summed E-state index contributed by atoms with van der Waals surface area (Å²) in [6.07, 6.45) is 3.72. The van der Waals surface area contributed by atoms with Gasteiger partial charge in [-0.3, -0.25) is 0 Å². The number of nitrogens with zero attached hydrogens (tertiary/aromatic N) is 2. The quantitative estimate of drug-likeness (QED) is 0.659. The van der Waals surface area contributed by atoms with E-state index in [1.54, 1.807) is 6.20 Å². The van der Waals surface area contributed by atoms with Gasteiger partial charge in [-0.25, -0.2) is 4.68 Å². The Hall–Kier alpha value is -1.59. The molecule has 0 aliphatic rings. The van der Waals surface area contributed by atoms with E-state index in [1.165, 1.54) is 5.56 Å². The van der Waals surface area contributed by atoms with E-state index in [1.807, 2.05) is 41.2 Å². The average Bonchev–Trinajstić information content (AvgIpc) is 3.03. The molecule has 1 aromatic heterocycles. The van der Waals surface area contributed by atoms with E-state index in [0.717, 1.165) is 26.9 Å². The summed E-state index contributed by atoms with van der Waals surface area (Å²) >= 11 is 7.01. The largest absolute Gasteiger partial charge is 0.379 e. The van der Waals surface area contributed by atoms with E-state index in [0.29, 0.717) is 0 Å². The second kappa shape index (κ2) is 6.45. The van der Waals surface area contributed by atoms with Crippen LogP contribution in [0.3, 0.4) is 0 Å². The van der Waals surface area contributed by atoms with Crippen LogP contribution in [0.5, 0.6) is 0 Å². The van der Waals surface area contributed by atoms with Crippen LogP contribution in [0.1, 0.15) is 5.56 Å². The number of rotatable bonds is 4. The van der Waals surface area contributed by atoms with Gasteiger partial charge in [0.25, 0.3) is 0 Å².